The molecule has 1 aliphatic rings. The van der Waals surface area contributed by atoms with Crippen LogP contribution in [0.1, 0.15) is 23.4 Å². The van der Waals surface area contributed by atoms with Gasteiger partial charge in [0, 0.05) is 16.5 Å². The first-order valence-electron chi connectivity index (χ1n) is 7.86. The second kappa shape index (κ2) is 6.82. The summed E-state index contributed by atoms with van der Waals surface area (Å²) in [5.41, 5.74) is 1.92. The molecule has 6 heteroatoms. The highest BCUT2D eigenvalue weighted by atomic mass is 32.2. The number of pyridine rings is 1. The lowest BCUT2D eigenvalue weighted by atomic mass is 10.1. The molecule has 0 saturated carbocycles. The molecule has 3 heterocycles. The number of benzene rings is 1. The third-order valence-corrected chi connectivity index (χ3v) is 5.81. The van der Waals surface area contributed by atoms with Gasteiger partial charge < -0.3 is 5.32 Å². The fourth-order valence-corrected chi connectivity index (χ4v) is 4.21. The maximum Gasteiger partial charge on any atom is 0.264 e. The van der Waals surface area contributed by atoms with Crippen LogP contribution in [-0.2, 0) is 4.79 Å². The zero-order valence-electron chi connectivity index (χ0n) is 13.5. The Kier molecular flexibility index (Phi) is 4.38. The molecule has 0 radical (unpaired) electrons. The minimum atomic E-state index is -0.103. The number of rotatable bonds is 3. The highest BCUT2D eigenvalue weighted by molar-refractivity contribution is 8.18. The van der Waals surface area contributed by atoms with Crippen molar-refractivity contribution in [3.8, 4) is 0 Å². The highest BCUT2D eigenvalue weighted by Gasteiger charge is 2.24. The number of aromatic nitrogens is 1. The van der Waals surface area contributed by atoms with Gasteiger partial charge >= 0.3 is 0 Å². The van der Waals surface area contributed by atoms with E-state index in [0.29, 0.717) is 10.1 Å². The van der Waals surface area contributed by atoms with E-state index in [0.717, 1.165) is 16.5 Å². The number of fused-ring (bicyclic) bond motifs is 1. The molecule has 1 saturated heterocycles. The highest BCUT2D eigenvalue weighted by Crippen LogP contribution is 2.30. The molecule has 1 amide bonds. The normalized spacial score (nSPS) is 18.8. The first-order chi connectivity index (χ1) is 12.2. The van der Waals surface area contributed by atoms with Crippen LogP contribution < -0.4 is 5.32 Å². The standard InChI is InChI=1S/C19H15N3OS2/c1-12(16-5-3-9-24-16)21-19-22-18(23)17(25-19)11-13-6-7-15-14(10-13)4-2-8-20-15/h2-12H,1H3,(H,21,22,23). The third kappa shape index (κ3) is 3.50. The summed E-state index contributed by atoms with van der Waals surface area (Å²) in [7, 11) is 0. The van der Waals surface area contributed by atoms with Crippen molar-refractivity contribution in [1.82, 2.24) is 10.3 Å². The van der Waals surface area contributed by atoms with Crippen molar-refractivity contribution >= 4 is 51.2 Å². The fourth-order valence-electron chi connectivity index (χ4n) is 2.59. The number of thiophene rings is 1. The molecule has 1 N–H and O–H groups in total. The summed E-state index contributed by atoms with van der Waals surface area (Å²) in [6.45, 7) is 2.03. The Labute approximate surface area is 153 Å². The summed E-state index contributed by atoms with van der Waals surface area (Å²) in [4.78, 5) is 23.0. The molecule has 4 rings (SSSR count). The molecule has 1 fully saturated rings. The van der Waals surface area contributed by atoms with E-state index >= 15 is 0 Å². The lowest BCUT2D eigenvalue weighted by molar-refractivity contribution is -0.115. The van der Waals surface area contributed by atoms with Gasteiger partial charge in [0.15, 0.2) is 5.17 Å². The number of nitrogens with one attached hydrogen (secondary N) is 1. The van der Waals surface area contributed by atoms with E-state index < -0.39 is 0 Å². The molecule has 4 nitrogen and oxygen atoms in total. The molecule has 0 spiro atoms. The number of nitrogens with zero attached hydrogens (tertiary/aromatic N) is 2. The molecule has 25 heavy (non-hydrogen) atoms. The fraction of sp³-hybridized carbons (Fsp3) is 0.105. The van der Waals surface area contributed by atoms with Gasteiger partial charge in [0.1, 0.15) is 0 Å². The van der Waals surface area contributed by atoms with Crippen LogP contribution >= 0.6 is 23.1 Å². The molecular formula is C19H15N3OS2. The van der Waals surface area contributed by atoms with Gasteiger partial charge in [-0.2, -0.15) is 0 Å². The van der Waals surface area contributed by atoms with Crippen molar-refractivity contribution in [3.63, 3.8) is 0 Å². The monoisotopic (exact) mass is 365 g/mol. The van der Waals surface area contributed by atoms with Gasteiger partial charge in [0.05, 0.1) is 16.5 Å². The van der Waals surface area contributed by atoms with E-state index in [2.05, 4.69) is 21.4 Å². The molecule has 0 aliphatic carbocycles. The topological polar surface area (TPSA) is 54.4 Å². The van der Waals surface area contributed by atoms with Crippen LogP contribution in [0.5, 0.6) is 0 Å². The average Bonchev–Trinajstić information content (AvgIpc) is 3.25. The van der Waals surface area contributed by atoms with Gasteiger partial charge in [0.25, 0.3) is 5.91 Å². The van der Waals surface area contributed by atoms with Gasteiger partial charge in [-0.25, -0.2) is 0 Å². The zero-order chi connectivity index (χ0) is 17.2. The van der Waals surface area contributed by atoms with Gasteiger partial charge in [0.2, 0.25) is 0 Å². The number of amides is 1. The quantitative estimate of drug-likeness (QED) is 0.689. The first-order valence-corrected chi connectivity index (χ1v) is 9.55. The molecule has 0 bridgehead atoms. The van der Waals surface area contributed by atoms with Gasteiger partial charge in [-0.05, 0) is 60.0 Å². The van der Waals surface area contributed by atoms with Crippen LogP contribution in [0.2, 0.25) is 0 Å². The number of carbonyl (C=O) groups excluding carboxylic acids is 1. The van der Waals surface area contributed by atoms with Crippen LogP contribution in [0, 0.1) is 0 Å². The molecule has 1 atom stereocenters. The molecule has 3 aromatic rings. The smallest absolute Gasteiger partial charge is 0.264 e. The first kappa shape index (κ1) is 16.1. The zero-order valence-corrected chi connectivity index (χ0v) is 15.1. The Morgan fingerprint density at radius 3 is 3.00 bits per heavy atom. The molecule has 1 aromatic carbocycles. The van der Waals surface area contributed by atoms with Crippen molar-refractivity contribution in [2.24, 2.45) is 4.99 Å². The maximum absolute atomic E-state index is 12.2. The van der Waals surface area contributed by atoms with Crippen LogP contribution in [0.25, 0.3) is 17.0 Å². The predicted octanol–water partition coefficient (Wildman–Crippen LogP) is 4.62. The van der Waals surface area contributed by atoms with Crippen molar-refractivity contribution in [2.75, 3.05) is 0 Å². The Bertz CT molecular complexity index is 993. The van der Waals surface area contributed by atoms with Crippen molar-refractivity contribution < 1.29 is 4.79 Å². The second-order valence-corrected chi connectivity index (χ2v) is 7.66. The van der Waals surface area contributed by atoms with Crippen LogP contribution in [0.3, 0.4) is 0 Å². The SMILES string of the molecule is CC(N=C1NC(=O)C(=Cc2ccc3ncccc3c2)S1)c1cccs1. The summed E-state index contributed by atoms with van der Waals surface area (Å²) >= 11 is 3.05. The van der Waals surface area contributed by atoms with Crippen molar-refractivity contribution in [3.05, 3.63) is 69.4 Å². The maximum atomic E-state index is 12.2. The average molecular weight is 365 g/mol. The second-order valence-electron chi connectivity index (χ2n) is 5.65. The van der Waals surface area contributed by atoms with Gasteiger partial charge in [-0.1, -0.05) is 18.2 Å². The van der Waals surface area contributed by atoms with Gasteiger partial charge in [-0.15, -0.1) is 11.3 Å². The van der Waals surface area contributed by atoms with E-state index in [1.165, 1.54) is 16.6 Å². The number of aliphatic imine (C=N–C) groups is 1. The largest absolute Gasteiger partial charge is 0.301 e. The summed E-state index contributed by atoms with van der Waals surface area (Å²) < 4.78 is 0. The van der Waals surface area contributed by atoms with Crippen LogP contribution in [-0.4, -0.2) is 16.1 Å². The molecule has 124 valence electrons. The summed E-state index contributed by atoms with van der Waals surface area (Å²) in [5, 5.41) is 6.59. The summed E-state index contributed by atoms with van der Waals surface area (Å²) in [6, 6.07) is 14.0. The molecular weight excluding hydrogens is 350 g/mol. The Hall–Kier alpha value is -2.44. The Morgan fingerprint density at radius 2 is 2.16 bits per heavy atom. The van der Waals surface area contributed by atoms with Crippen molar-refractivity contribution in [1.29, 1.82) is 0 Å². The van der Waals surface area contributed by atoms with Crippen molar-refractivity contribution in [2.45, 2.75) is 13.0 Å². The minimum absolute atomic E-state index is 0.0360. The number of hydrogen-bond acceptors (Lipinski definition) is 5. The number of carbonyl (C=O) groups is 1. The Balaban J connectivity index is 1.58. The predicted molar refractivity (Wildman–Crippen MR) is 106 cm³/mol. The van der Waals surface area contributed by atoms with E-state index in [-0.39, 0.29) is 11.9 Å². The summed E-state index contributed by atoms with van der Waals surface area (Å²) in [5.74, 6) is -0.103. The molecule has 1 unspecified atom stereocenters. The minimum Gasteiger partial charge on any atom is -0.301 e. The van der Waals surface area contributed by atoms with E-state index in [1.54, 1.807) is 17.5 Å². The van der Waals surface area contributed by atoms with Crippen LogP contribution in [0.15, 0.2) is 63.9 Å². The van der Waals surface area contributed by atoms with Crippen LogP contribution in [0.4, 0.5) is 0 Å². The van der Waals surface area contributed by atoms with E-state index in [9.17, 15) is 4.79 Å². The number of thioether (sulfide) groups is 1. The molecule has 1 aliphatic heterocycles. The van der Waals surface area contributed by atoms with Gasteiger partial charge in [-0.3, -0.25) is 14.8 Å². The molecule has 2 aromatic heterocycles. The number of hydrogen-bond donors (Lipinski definition) is 1. The third-order valence-electron chi connectivity index (χ3n) is 3.84. The lowest BCUT2D eigenvalue weighted by Crippen LogP contribution is -2.20. The van der Waals surface area contributed by atoms with E-state index in [4.69, 9.17) is 0 Å². The lowest BCUT2D eigenvalue weighted by Gasteiger charge is -2.03. The Morgan fingerprint density at radius 1 is 1.24 bits per heavy atom. The number of amidine groups is 1. The summed E-state index contributed by atoms with van der Waals surface area (Å²) in [6.07, 6.45) is 3.67. The van der Waals surface area contributed by atoms with E-state index in [1.807, 2.05) is 54.8 Å².